The Morgan fingerprint density at radius 1 is 0.880 bits per heavy atom. The summed E-state index contributed by atoms with van der Waals surface area (Å²) in [5, 5.41) is 62.3. The number of hydrogen-bond acceptors (Lipinski definition) is 17. The zero-order chi connectivity index (χ0) is 35.9. The number of esters is 2. The number of ether oxygens (including phenoxy) is 9. The van der Waals surface area contributed by atoms with Crippen LogP contribution in [0.4, 0.5) is 0 Å². The van der Waals surface area contributed by atoms with Crippen molar-refractivity contribution >= 4 is 18.0 Å². The van der Waals surface area contributed by atoms with Crippen molar-refractivity contribution in [3.8, 4) is 5.75 Å². The molecule has 1 saturated carbocycles. The van der Waals surface area contributed by atoms with Crippen LogP contribution in [0, 0.1) is 11.8 Å². The molecule has 1 aliphatic carbocycles. The summed E-state index contributed by atoms with van der Waals surface area (Å²) >= 11 is 0. The highest BCUT2D eigenvalue weighted by Crippen LogP contribution is 2.61. The fourth-order valence-corrected chi connectivity index (χ4v) is 7.10. The SMILES string of the molecule is COc1ccc(C=CC(=O)OC2C(C)OC(OC3C4C=COC(OC5OC(CO)C(O)C(O)C5O)C4C4(CO)OC34)C(OC(C)=O)C2O)cc1. The average molecular weight is 711 g/mol. The average Bonchev–Trinajstić information content (AvgIpc) is 3.78. The third-order valence-corrected chi connectivity index (χ3v) is 9.72. The van der Waals surface area contributed by atoms with Gasteiger partial charge < -0.3 is 73.3 Å². The smallest absolute Gasteiger partial charge is 0.331 e. The van der Waals surface area contributed by atoms with Crippen molar-refractivity contribution in [3.63, 3.8) is 0 Å². The van der Waals surface area contributed by atoms with Gasteiger partial charge in [-0.1, -0.05) is 12.1 Å². The van der Waals surface area contributed by atoms with Crippen LogP contribution in [0.3, 0.4) is 0 Å². The summed E-state index contributed by atoms with van der Waals surface area (Å²) in [5.41, 5.74) is -0.551. The first-order chi connectivity index (χ1) is 23.9. The van der Waals surface area contributed by atoms with Gasteiger partial charge in [0.1, 0.15) is 48.0 Å². The molecule has 1 aromatic rings. The minimum absolute atomic E-state index is 0.496. The van der Waals surface area contributed by atoms with E-state index in [1.165, 1.54) is 25.5 Å². The third-order valence-electron chi connectivity index (χ3n) is 9.72. The Balaban J connectivity index is 1.15. The van der Waals surface area contributed by atoms with Gasteiger partial charge in [0.15, 0.2) is 24.8 Å². The standard InChI is InChI=1S/C33H42O17/c1-14-26(47-20(37)9-6-16-4-7-17(42-3)8-5-16)25(41)28(45-15(2)36)32(44-14)48-27-18-10-11-43-30(21(18)33(13-35)29(27)50-33)49-31-24(40)23(39)22(38)19(12-34)46-31/h4-11,14,18-19,21-32,34-35,38-41H,12-13H2,1-3H3. The minimum atomic E-state index is -1.71. The van der Waals surface area contributed by atoms with Crippen LogP contribution in [0.15, 0.2) is 42.7 Å². The van der Waals surface area contributed by atoms with E-state index in [1.54, 1.807) is 37.3 Å². The van der Waals surface area contributed by atoms with E-state index in [1.807, 2.05) is 0 Å². The number of rotatable bonds is 11. The van der Waals surface area contributed by atoms with Crippen molar-refractivity contribution in [1.29, 1.82) is 0 Å². The first-order valence-electron chi connectivity index (χ1n) is 16.2. The molecule has 3 saturated heterocycles. The first-order valence-corrected chi connectivity index (χ1v) is 16.2. The third kappa shape index (κ3) is 6.88. The molecule has 0 amide bonds. The lowest BCUT2D eigenvalue weighted by atomic mass is 9.85. The summed E-state index contributed by atoms with van der Waals surface area (Å²) in [6.45, 7) is 1.52. The molecular weight excluding hydrogens is 668 g/mol. The van der Waals surface area contributed by atoms with Gasteiger partial charge in [-0.2, -0.15) is 0 Å². The van der Waals surface area contributed by atoms with Crippen LogP contribution in [0.2, 0.25) is 0 Å². The molecule has 0 spiro atoms. The highest BCUT2D eigenvalue weighted by molar-refractivity contribution is 5.87. The molecule has 276 valence electrons. The van der Waals surface area contributed by atoms with Gasteiger partial charge in [-0.05, 0) is 36.8 Å². The number of carbonyl (C=O) groups is 2. The van der Waals surface area contributed by atoms with E-state index in [9.17, 15) is 40.2 Å². The van der Waals surface area contributed by atoms with Gasteiger partial charge in [0, 0.05) is 18.9 Å². The Kier molecular flexibility index (Phi) is 10.8. The molecule has 0 radical (unpaired) electrons. The van der Waals surface area contributed by atoms with Crippen molar-refractivity contribution in [2.75, 3.05) is 20.3 Å². The maximum absolute atomic E-state index is 12.8. The normalized spacial score (nSPS) is 43.4. The first kappa shape index (κ1) is 36.6. The van der Waals surface area contributed by atoms with Crippen molar-refractivity contribution < 1.29 is 82.9 Å². The van der Waals surface area contributed by atoms with Crippen LogP contribution in [-0.4, -0.2) is 148 Å². The summed E-state index contributed by atoms with van der Waals surface area (Å²) in [5.74, 6) is -2.26. The number of fused-ring (bicyclic) bond motifs is 3. The van der Waals surface area contributed by atoms with Crippen LogP contribution in [0.1, 0.15) is 19.4 Å². The van der Waals surface area contributed by atoms with Crippen LogP contribution in [0.5, 0.6) is 5.75 Å². The molecule has 5 aliphatic rings. The number of aliphatic hydroxyl groups excluding tert-OH is 6. The molecule has 16 atom stereocenters. The second-order valence-electron chi connectivity index (χ2n) is 12.8. The molecule has 6 rings (SSSR count). The number of aliphatic hydroxyl groups is 6. The zero-order valence-electron chi connectivity index (χ0n) is 27.4. The molecule has 16 unspecified atom stereocenters. The Bertz CT molecular complexity index is 1420. The van der Waals surface area contributed by atoms with Gasteiger partial charge in [-0.25, -0.2) is 4.79 Å². The van der Waals surface area contributed by atoms with E-state index in [0.717, 1.165) is 6.92 Å². The molecule has 0 aromatic heterocycles. The summed E-state index contributed by atoms with van der Waals surface area (Å²) in [4.78, 5) is 24.9. The molecule has 1 aromatic carbocycles. The summed E-state index contributed by atoms with van der Waals surface area (Å²) in [6.07, 6.45) is -11.5. The van der Waals surface area contributed by atoms with Crippen molar-refractivity contribution in [3.05, 3.63) is 48.2 Å². The Labute approximate surface area is 286 Å². The number of carbonyl (C=O) groups excluding carboxylic acids is 2. The molecule has 0 bridgehead atoms. The molecule has 6 N–H and O–H groups in total. The van der Waals surface area contributed by atoms with Gasteiger partial charge in [0.05, 0.1) is 44.7 Å². The second-order valence-corrected chi connectivity index (χ2v) is 12.8. The lowest BCUT2D eigenvalue weighted by Crippen LogP contribution is -2.61. The highest BCUT2D eigenvalue weighted by Gasteiger charge is 2.77. The van der Waals surface area contributed by atoms with Crippen molar-refractivity contribution in [2.24, 2.45) is 11.8 Å². The summed E-state index contributed by atoms with van der Waals surface area (Å²) in [7, 11) is 1.54. The Hall–Kier alpha value is -3.20. The predicted molar refractivity (Wildman–Crippen MR) is 163 cm³/mol. The van der Waals surface area contributed by atoms with Crippen molar-refractivity contribution in [2.45, 2.75) is 99.4 Å². The van der Waals surface area contributed by atoms with E-state index in [2.05, 4.69) is 0 Å². The van der Waals surface area contributed by atoms with Gasteiger partial charge in [-0.3, -0.25) is 4.79 Å². The molecule has 4 fully saturated rings. The zero-order valence-corrected chi connectivity index (χ0v) is 27.4. The summed E-state index contributed by atoms with van der Waals surface area (Å²) < 4.78 is 51.5. The maximum atomic E-state index is 12.8. The van der Waals surface area contributed by atoms with Crippen LogP contribution in [0.25, 0.3) is 6.08 Å². The number of methoxy groups -OCH3 is 1. The van der Waals surface area contributed by atoms with Crippen LogP contribution in [-0.2, 0) is 47.5 Å². The number of benzene rings is 1. The number of epoxide rings is 1. The quantitative estimate of drug-likeness (QED) is 0.0835. The van der Waals surface area contributed by atoms with E-state index in [-0.39, 0.29) is 0 Å². The number of hydrogen-bond donors (Lipinski definition) is 6. The van der Waals surface area contributed by atoms with E-state index in [0.29, 0.717) is 11.3 Å². The molecular formula is C33H42O17. The highest BCUT2D eigenvalue weighted by atomic mass is 16.8. The van der Waals surface area contributed by atoms with Gasteiger partial charge in [0.25, 0.3) is 0 Å². The van der Waals surface area contributed by atoms with E-state index >= 15 is 0 Å². The molecule has 17 heteroatoms. The van der Waals surface area contributed by atoms with E-state index in [4.69, 9.17) is 42.6 Å². The fourth-order valence-electron chi connectivity index (χ4n) is 7.10. The van der Waals surface area contributed by atoms with E-state index < -0.39 is 122 Å². The fraction of sp³-hybridized carbons (Fsp3) is 0.636. The predicted octanol–water partition coefficient (Wildman–Crippen LogP) is -1.89. The van der Waals surface area contributed by atoms with Crippen molar-refractivity contribution in [1.82, 2.24) is 0 Å². The molecule has 4 aliphatic heterocycles. The second kappa shape index (κ2) is 14.8. The van der Waals surface area contributed by atoms with Gasteiger partial charge in [-0.15, -0.1) is 0 Å². The lowest BCUT2D eigenvalue weighted by molar-refractivity contribution is -0.347. The summed E-state index contributed by atoms with van der Waals surface area (Å²) in [6, 6.07) is 6.93. The lowest BCUT2D eigenvalue weighted by Gasteiger charge is -2.44. The minimum Gasteiger partial charge on any atom is -0.497 e. The topological polar surface area (TPSA) is 242 Å². The monoisotopic (exact) mass is 710 g/mol. The van der Waals surface area contributed by atoms with Crippen LogP contribution >= 0.6 is 0 Å². The van der Waals surface area contributed by atoms with Crippen LogP contribution < -0.4 is 4.74 Å². The molecule has 4 heterocycles. The molecule has 50 heavy (non-hydrogen) atoms. The molecule has 17 nitrogen and oxygen atoms in total. The largest absolute Gasteiger partial charge is 0.497 e. The van der Waals surface area contributed by atoms with Gasteiger partial charge >= 0.3 is 11.9 Å². The maximum Gasteiger partial charge on any atom is 0.331 e. The Morgan fingerprint density at radius 2 is 1.62 bits per heavy atom. The Morgan fingerprint density at radius 3 is 2.28 bits per heavy atom. The van der Waals surface area contributed by atoms with Gasteiger partial charge in [0.2, 0.25) is 6.29 Å².